The van der Waals surface area contributed by atoms with Gasteiger partial charge >= 0.3 is 5.97 Å². The van der Waals surface area contributed by atoms with Gasteiger partial charge in [0.05, 0.1) is 25.4 Å². The number of aliphatic hydroxyl groups excluding tert-OH is 5. The van der Waals surface area contributed by atoms with Gasteiger partial charge in [-0.2, -0.15) is 0 Å². The van der Waals surface area contributed by atoms with Gasteiger partial charge in [0.15, 0.2) is 12.4 Å². The van der Waals surface area contributed by atoms with Crippen LogP contribution in [0.1, 0.15) is 194 Å². The molecule has 0 aliphatic carbocycles. The summed E-state index contributed by atoms with van der Waals surface area (Å²) in [6, 6.07) is -1.07. The van der Waals surface area contributed by atoms with E-state index >= 15 is 0 Å². The van der Waals surface area contributed by atoms with Crippen molar-refractivity contribution < 1.29 is 49.3 Å². The Bertz CT molecular complexity index is 1880. The predicted octanol–water partition coefficient (Wildman–Crippen LogP) is 14.4. The van der Waals surface area contributed by atoms with Crippen molar-refractivity contribution in [1.29, 1.82) is 0 Å². The van der Waals surface area contributed by atoms with Gasteiger partial charge in [-0.25, -0.2) is 0 Å². The first-order valence-electron chi connectivity index (χ1n) is 30.3. The molecule has 79 heavy (non-hydrogen) atoms. The Labute approximate surface area is 478 Å². The van der Waals surface area contributed by atoms with Gasteiger partial charge in [0.2, 0.25) is 5.91 Å². The zero-order valence-corrected chi connectivity index (χ0v) is 48.9. The third kappa shape index (κ3) is 41.9. The SMILES string of the molecule is CC/C=C\C/C=C\C/C=C\C/C=C\C/C=C\C/C=C\CCCC(O)C(=O)NC(COC1OC(CO)C(O)C(O)C1OC(=O)CC/C=C\C/C=C\C/C=C\C/C=C\C/C=C\C/C=C\CC)C(O)/C=C/CCCCCCCCCCC. The summed E-state index contributed by atoms with van der Waals surface area (Å²) in [6.07, 6.45) is 68.7. The van der Waals surface area contributed by atoms with Crippen LogP contribution in [0.3, 0.4) is 0 Å². The largest absolute Gasteiger partial charge is 0.454 e. The molecule has 8 unspecified atom stereocenters. The molecule has 0 aromatic heterocycles. The van der Waals surface area contributed by atoms with Gasteiger partial charge in [0.25, 0.3) is 0 Å². The van der Waals surface area contributed by atoms with Crippen molar-refractivity contribution in [2.45, 2.75) is 243 Å². The van der Waals surface area contributed by atoms with E-state index in [1.54, 1.807) is 6.08 Å². The quantitative estimate of drug-likeness (QED) is 0.0195. The minimum Gasteiger partial charge on any atom is -0.454 e. The van der Waals surface area contributed by atoms with Crippen LogP contribution in [0.25, 0.3) is 0 Å². The van der Waals surface area contributed by atoms with Crippen molar-refractivity contribution >= 4 is 11.9 Å². The van der Waals surface area contributed by atoms with Gasteiger partial charge in [0.1, 0.15) is 24.4 Å². The molecule has 0 saturated carbocycles. The number of nitrogens with one attached hydrogen (secondary N) is 1. The molecule has 0 aromatic rings. The zero-order chi connectivity index (χ0) is 57.5. The number of esters is 1. The summed E-state index contributed by atoms with van der Waals surface area (Å²) in [5, 5.41) is 56.8. The number of rotatable bonds is 48. The molecule has 8 atom stereocenters. The Morgan fingerprint density at radius 2 is 0.911 bits per heavy atom. The van der Waals surface area contributed by atoms with Gasteiger partial charge in [-0.15, -0.1) is 0 Å². The smallest absolute Gasteiger partial charge is 0.306 e. The van der Waals surface area contributed by atoms with Crippen LogP contribution in [0, 0.1) is 0 Å². The maximum absolute atomic E-state index is 13.4. The molecule has 1 aliphatic heterocycles. The minimum atomic E-state index is -1.66. The number of unbranched alkanes of at least 4 members (excludes halogenated alkanes) is 10. The summed E-state index contributed by atoms with van der Waals surface area (Å²) in [5.74, 6) is -1.35. The first-order valence-corrected chi connectivity index (χ1v) is 30.3. The lowest BCUT2D eigenvalue weighted by Crippen LogP contribution is -2.61. The number of carbonyl (C=O) groups is 2. The van der Waals surface area contributed by atoms with E-state index in [9.17, 15) is 35.1 Å². The highest BCUT2D eigenvalue weighted by atomic mass is 16.7. The van der Waals surface area contributed by atoms with Gasteiger partial charge < -0.3 is 45.1 Å². The minimum absolute atomic E-state index is 0.0171. The van der Waals surface area contributed by atoms with Crippen molar-refractivity contribution in [1.82, 2.24) is 5.32 Å². The molecular weight excluding hydrogens is 991 g/mol. The fourth-order valence-corrected chi connectivity index (χ4v) is 8.21. The summed E-state index contributed by atoms with van der Waals surface area (Å²) < 4.78 is 17.5. The molecule has 1 amide bonds. The standard InChI is InChI=1S/C68H107NO10/c1-4-7-10-13-16-19-22-24-26-28-30-32-33-35-37-40-43-46-49-52-55-61(72)67(76)69-59(60(71)54-51-48-45-42-39-21-18-15-12-9-6-3)58-77-68-66(65(75)64(74)62(57-70)78-68)79-63(73)56-53-50-47-44-41-38-36-34-31-29-27-25-23-20-17-14-11-8-5-2/h7-8,10-11,16-17,19-20,24-27,30-32,34-35,37-38,41,43,46-47,50-51,54,59-62,64-66,68,70-72,74-75H,4-6,9,12-15,18,21-23,28-29,33,36,39-40,42,44-45,48-49,52-53,55-58H2,1-3H3,(H,69,76)/b10-7-,11-8-,19-16-,20-17-,26-24-,27-25-,32-30-,34-31-,37-35-,41-38-,46-43-,50-47-,54-51+. The topological polar surface area (TPSA) is 175 Å². The van der Waals surface area contributed by atoms with Gasteiger partial charge in [-0.05, 0) is 116 Å². The molecule has 0 bridgehead atoms. The van der Waals surface area contributed by atoms with Crippen LogP contribution < -0.4 is 5.32 Å². The van der Waals surface area contributed by atoms with E-state index in [2.05, 4.69) is 154 Å². The van der Waals surface area contributed by atoms with Gasteiger partial charge in [-0.3, -0.25) is 9.59 Å². The monoisotopic (exact) mass is 1100 g/mol. The van der Waals surface area contributed by atoms with Crippen LogP contribution in [0.5, 0.6) is 0 Å². The first kappa shape index (κ1) is 72.3. The fourth-order valence-electron chi connectivity index (χ4n) is 8.21. The second-order valence-electron chi connectivity index (χ2n) is 20.0. The molecule has 1 aliphatic rings. The molecule has 1 rings (SSSR count). The van der Waals surface area contributed by atoms with Crippen LogP contribution >= 0.6 is 0 Å². The Hall–Kier alpha value is -4.72. The van der Waals surface area contributed by atoms with Crippen molar-refractivity contribution in [3.63, 3.8) is 0 Å². The summed E-state index contributed by atoms with van der Waals surface area (Å²) in [6.45, 7) is 5.46. The van der Waals surface area contributed by atoms with E-state index in [0.29, 0.717) is 25.7 Å². The summed E-state index contributed by atoms with van der Waals surface area (Å²) in [5.41, 5.74) is 0. The summed E-state index contributed by atoms with van der Waals surface area (Å²) in [4.78, 5) is 26.5. The lowest BCUT2D eigenvalue weighted by Gasteiger charge is -2.41. The van der Waals surface area contributed by atoms with E-state index < -0.39 is 67.4 Å². The van der Waals surface area contributed by atoms with E-state index in [1.807, 2.05) is 24.3 Å². The summed E-state index contributed by atoms with van der Waals surface area (Å²) >= 11 is 0. The maximum Gasteiger partial charge on any atom is 0.306 e. The van der Waals surface area contributed by atoms with E-state index in [0.717, 1.165) is 96.3 Å². The molecule has 1 fully saturated rings. The second kappa shape index (κ2) is 53.9. The molecule has 6 N–H and O–H groups in total. The lowest BCUT2D eigenvalue weighted by molar-refractivity contribution is -0.305. The van der Waals surface area contributed by atoms with Crippen molar-refractivity contribution in [3.8, 4) is 0 Å². The van der Waals surface area contributed by atoms with E-state index in [1.165, 1.54) is 38.5 Å². The van der Waals surface area contributed by atoms with E-state index in [-0.39, 0.29) is 19.4 Å². The Balaban J connectivity index is 2.77. The fraction of sp³-hybridized carbons (Fsp3) is 0.588. The van der Waals surface area contributed by atoms with Gasteiger partial charge in [-0.1, -0.05) is 230 Å². The number of hydrogen-bond acceptors (Lipinski definition) is 10. The Morgan fingerprint density at radius 3 is 1.35 bits per heavy atom. The molecule has 0 radical (unpaired) electrons. The number of ether oxygens (including phenoxy) is 3. The Morgan fingerprint density at radius 1 is 0.506 bits per heavy atom. The highest BCUT2D eigenvalue weighted by Crippen LogP contribution is 2.26. The highest BCUT2D eigenvalue weighted by molar-refractivity contribution is 5.80. The van der Waals surface area contributed by atoms with Crippen LogP contribution in [-0.4, -0.2) is 99.6 Å². The van der Waals surface area contributed by atoms with Crippen molar-refractivity contribution in [3.05, 3.63) is 158 Å². The Kier molecular flexibility index (Phi) is 49.3. The van der Waals surface area contributed by atoms with Crippen molar-refractivity contribution in [2.75, 3.05) is 13.2 Å². The van der Waals surface area contributed by atoms with Crippen LogP contribution in [0.4, 0.5) is 0 Å². The first-order chi connectivity index (χ1) is 38.7. The lowest BCUT2D eigenvalue weighted by atomic mass is 9.99. The number of carbonyl (C=O) groups excluding carboxylic acids is 2. The maximum atomic E-state index is 13.4. The molecule has 11 heteroatoms. The average Bonchev–Trinajstić information content (AvgIpc) is 3.45. The molecular formula is C68H107NO10. The molecule has 1 heterocycles. The molecule has 444 valence electrons. The predicted molar refractivity (Wildman–Crippen MR) is 328 cm³/mol. The molecule has 1 saturated heterocycles. The zero-order valence-electron chi connectivity index (χ0n) is 48.9. The van der Waals surface area contributed by atoms with Gasteiger partial charge in [0, 0.05) is 6.42 Å². The normalized spacial score (nSPS) is 20.0. The van der Waals surface area contributed by atoms with Crippen LogP contribution in [0.15, 0.2) is 158 Å². The summed E-state index contributed by atoms with van der Waals surface area (Å²) in [7, 11) is 0. The van der Waals surface area contributed by atoms with Crippen LogP contribution in [-0.2, 0) is 23.8 Å². The third-order valence-corrected chi connectivity index (χ3v) is 12.9. The molecule has 0 spiro atoms. The second-order valence-corrected chi connectivity index (χ2v) is 20.0. The van der Waals surface area contributed by atoms with Crippen molar-refractivity contribution in [2.24, 2.45) is 0 Å². The molecule has 0 aromatic carbocycles. The molecule has 11 nitrogen and oxygen atoms in total. The number of allylic oxidation sites excluding steroid dienone is 25. The van der Waals surface area contributed by atoms with E-state index in [4.69, 9.17) is 14.2 Å². The highest BCUT2D eigenvalue weighted by Gasteiger charge is 2.47. The third-order valence-electron chi connectivity index (χ3n) is 12.9. The number of aliphatic hydroxyl groups is 5. The van der Waals surface area contributed by atoms with Crippen LogP contribution in [0.2, 0.25) is 0 Å². The number of hydrogen-bond donors (Lipinski definition) is 6. The average molecular weight is 1100 g/mol. The number of amides is 1.